The number of unbranched alkanes of at least 4 members (excludes halogenated alkanes) is 8. The fraction of sp³-hybridized carbons (Fsp3) is 0.745. The maximum atomic E-state index is 14.2. The molecule has 1 fully saturated rings. The van der Waals surface area contributed by atoms with Gasteiger partial charge in [0.25, 0.3) is 0 Å². The Morgan fingerprint density at radius 1 is 0.930 bits per heavy atom. The third-order valence-electron chi connectivity index (χ3n) is 11.2. The Labute approximate surface area is 347 Å². The monoisotopic (exact) mass is 814 g/mol. The number of nitrogens with one attached hydrogen (secondary N) is 1. The van der Waals surface area contributed by atoms with Gasteiger partial charge < -0.3 is 33.8 Å². The highest BCUT2D eigenvalue weighted by Gasteiger charge is 2.41. The minimum absolute atomic E-state index is 0.0100. The summed E-state index contributed by atoms with van der Waals surface area (Å²) in [7, 11) is -2.08. The highest BCUT2D eigenvalue weighted by molar-refractivity contribution is 6.74. The Kier molecular flexibility index (Phi) is 21.6. The van der Waals surface area contributed by atoms with Gasteiger partial charge in [0.15, 0.2) is 14.1 Å². The van der Waals surface area contributed by atoms with E-state index in [1.54, 1.807) is 34.6 Å². The molecule has 1 aromatic rings. The van der Waals surface area contributed by atoms with Crippen molar-refractivity contribution in [1.29, 1.82) is 0 Å². The Morgan fingerprint density at radius 3 is 2.09 bits per heavy atom. The largest absolute Gasteiger partial charge is 0.481 e. The first-order valence-corrected chi connectivity index (χ1v) is 24.6. The van der Waals surface area contributed by atoms with Gasteiger partial charge in [-0.15, -0.1) is 5.92 Å². The molecule has 324 valence electrons. The molecule has 0 saturated carbocycles. The van der Waals surface area contributed by atoms with Gasteiger partial charge in [-0.25, -0.2) is 4.79 Å². The minimum atomic E-state index is -2.08. The summed E-state index contributed by atoms with van der Waals surface area (Å²) in [4.78, 5) is 27.8. The molecule has 1 amide bonds. The molecular weight excluding hydrogens is 735 g/mol. The van der Waals surface area contributed by atoms with Gasteiger partial charge in [-0.2, -0.15) is 0 Å². The molecule has 10 heteroatoms. The summed E-state index contributed by atoms with van der Waals surface area (Å²) in [6.45, 7) is 24.0. The molecule has 1 aliphatic rings. The summed E-state index contributed by atoms with van der Waals surface area (Å²) < 4.78 is 30.1. The topological polar surface area (TPSA) is 113 Å². The molecule has 0 radical (unpaired) electrons. The van der Waals surface area contributed by atoms with Gasteiger partial charge in [0.2, 0.25) is 5.91 Å². The van der Waals surface area contributed by atoms with Gasteiger partial charge >= 0.3 is 5.97 Å². The van der Waals surface area contributed by atoms with Gasteiger partial charge in [-0.05, 0) is 103 Å². The highest BCUT2D eigenvalue weighted by atomic mass is 28.4. The van der Waals surface area contributed by atoms with E-state index >= 15 is 0 Å². The molecule has 0 aromatic heterocycles. The van der Waals surface area contributed by atoms with E-state index in [2.05, 4.69) is 57.9 Å². The quantitative estimate of drug-likeness (QED) is 0.0313. The lowest BCUT2D eigenvalue weighted by Gasteiger charge is -2.38. The van der Waals surface area contributed by atoms with Gasteiger partial charge in [0.1, 0.15) is 24.0 Å². The molecule has 1 heterocycles. The van der Waals surface area contributed by atoms with E-state index in [1.807, 2.05) is 36.4 Å². The summed E-state index contributed by atoms with van der Waals surface area (Å²) in [6, 6.07) is 6.41. The number of hydrogen-bond donors (Lipinski definition) is 2. The number of benzene rings is 1. The third kappa shape index (κ3) is 19.3. The summed E-state index contributed by atoms with van der Waals surface area (Å²) in [6.07, 6.45) is 17.2. The normalized spacial score (nSPS) is 16.7. The number of amides is 1. The number of carbonyl (C=O) groups excluding carboxylic acids is 2. The van der Waals surface area contributed by atoms with Crippen molar-refractivity contribution in [3.63, 3.8) is 0 Å². The van der Waals surface area contributed by atoms with Crippen LogP contribution in [0.3, 0.4) is 0 Å². The number of ether oxygens (including phenoxy) is 4. The van der Waals surface area contributed by atoms with Crippen LogP contribution >= 0.6 is 0 Å². The van der Waals surface area contributed by atoms with Crippen LogP contribution in [0.2, 0.25) is 18.1 Å². The van der Waals surface area contributed by atoms with Crippen molar-refractivity contribution in [3.8, 4) is 17.6 Å². The number of allylic oxidation sites excluding steroid dienone is 1. The molecule has 0 bridgehead atoms. The summed E-state index contributed by atoms with van der Waals surface area (Å²) in [5.41, 5.74) is -1.37. The van der Waals surface area contributed by atoms with Gasteiger partial charge in [0, 0.05) is 25.9 Å². The number of hydrogen-bond acceptors (Lipinski definition) is 8. The van der Waals surface area contributed by atoms with Gasteiger partial charge in [-0.1, -0.05) is 96.4 Å². The van der Waals surface area contributed by atoms with Gasteiger partial charge in [-0.3, -0.25) is 4.79 Å². The van der Waals surface area contributed by atoms with Crippen molar-refractivity contribution in [2.24, 2.45) is 5.92 Å². The van der Waals surface area contributed by atoms with Crippen molar-refractivity contribution in [3.05, 3.63) is 42.0 Å². The Bertz CT molecular complexity index is 1410. The molecule has 0 aliphatic carbocycles. The second-order valence-electron chi connectivity index (χ2n) is 18.5. The van der Waals surface area contributed by atoms with Crippen LogP contribution < -0.4 is 10.1 Å². The van der Waals surface area contributed by atoms with Crippen LogP contribution in [0.25, 0.3) is 0 Å². The third-order valence-corrected chi connectivity index (χ3v) is 15.7. The first kappa shape index (κ1) is 50.5. The van der Waals surface area contributed by atoms with Crippen molar-refractivity contribution in [2.45, 2.75) is 193 Å². The zero-order chi connectivity index (χ0) is 42.6. The molecule has 0 unspecified atom stereocenters. The zero-order valence-corrected chi connectivity index (χ0v) is 38.7. The predicted molar refractivity (Wildman–Crippen MR) is 234 cm³/mol. The van der Waals surface area contributed by atoms with Crippen LogP contribution in [0.5, 0.6) is 5.75 Å². The average molecular weight is 814 g/mol. The zero-order valence-electron chi connectivity index (χ0n) is 37.7. The van der Waals surface area contributed by atoms with E-state index in [4.69, 9.17) is 23.4 Å². The lowest BCUT2D eigenvalue weighted by molar-refractivity contribution is -0.168. The molecule has 9 nitrogen and oxygen atoms in total. The molecular formula is C47H79NO8Si. The summed E-state index contributed by atoms with van der Waals surface area (Å²) in [5, 5.41) is 14.9. The molecule has 3 atom stereocenters. The second-order valence-corrected chi connectivity index (χ2v) is 23.3. The van der Waals surface area contributed by atoms with E-state index in [0.717, 1.165) is 56.9 Å². The van der Waals surface area contributed by atoms with Crippen molar-refractivity contribution >= 4 is 20.2 Å². The molecule has 1 aromatic carbocycles. The Morgan fingerprint density at radius 2 is 1.53 bits per heavy atom. The van der Waals surface area contributed by atoms with Crippen LogP contribution in [0.4, 0.5) is 0 Å². The number of aliphatic hydroxyl groups is 1. The molecule has 57 heavy (non-hydrogen) atoms. The molecule has 1 saturated heterocycles. The molecule has 2 rings (SSSR count). The van der Waals surface area contributed by atoms with Crippen molar-refractivity contribution in [1.82, 2.24) is 5.32 Å². The highest BCUT2D eigenvalue weighted by Crippen LogP contribution is 2.37. The fourth-order valence-corrected chi connectivity index (χ4v) is 7.64. The van der Waals surface area contributed by atoms with E-state index in [1.165, 1.54) is 25.7 Å². The Hall–Kier alpha value is -2.68. The molecule has 2 N–H and O–H groups in total. The smallest absolute Gasteiger partial charge is 0.329 e. The van der Waals surface area contributed by atoms with E-state index < -0.39 is 49.1 Å². The number of rotatable bonds is 26. The minimum Gasteiger partial charge on any atom is -0.481 e. The predicted octanol–water partition coefficient (Wildman–Crippen LogP) is 10.2. The maximum Gasteiger partial charge on any atom is 0.329 e. The van der Waals surface area contributed by atoms with Crippen LogP contribution in [0.15, 0.2) is 36.4 Å². The summed E-state index contributed by atoms with van der Waals surface area (Å²) >= 11 is 0. The van der Waals surface area contributed by atoms with Crippen LogP contribution in [-0.2, 0) is 34.6 Å². The van der Waals surface area contributed by atoms with E-state index in [-0.39, 0.29) is 24.5 Å². The van der Waals surface area contributed by atoms with Crippen molar-refractivity contribution in [2.75, 3.05) is 26.4 Å². The molecule has 0 spiro atoms. The average Bonchev–Trinajstić information content (AvgIpc) is 3.58. The SMILES string of the molecule is CC#CCOc1ccc(C[C@H](NC(=O)[C@@H](/C=C/CCCCCCC2(CCCCCCC)OCCO2)[C@@](C)(O)CCO[Si](C)(C)C(C)(C)C)C(=O)OC(C)(C)C)cc1. The second kappa shape index (κ2) is 24.4. The standard InChI is InChI=1S/C47H79NO8Si/c1-12-14-16-20-23-30-47(53-35-36-54-47)31-24-21-18-17-19-22-25-40(46(9,51)32-34-55-57(10,11)45(6,7)8)42(49)48-41(43(50)56-44(3,4)5)37-38-26-28-39(29-27-38)52-33-15-13-2/h22,25-29,40-41,51H,12,14,16-21,23-24,30-37H2,1-11H3,(H,48,49)/b25-22+/t40-,41+,46+/m1/s1. The summed E-state index contributed by atoms with van der Waals surface area (Å²) in [5.74, 6) is 4.05. The lowest BCUT2D eigenvalue weighted by Crippen LogP contribution is -2.52. The first-order valence-electron chi connectivity index (χ1n) is 21.7. The van der Waals surface area contributed by atoms with E-state index in [0.29, 0.717) is 25.6 Å². The van der Waals surface area contributed by atoms with Crippen molar-refractivity contribution < 1.29 is 38.1 Å². The Balaban J connectivity index is 2.16. The number of carbonyl (C=O) groups is 2. The maximum absolute atomic E-state index is 14.2. The number of esters is 1. The van der Waals surface area contributed by atoms with Crippen LogP contribution in [-0.4, -0.2) is 74.8 Å². The molecule has 1 aliphatic heterocycles. The van der Waals surface area contributed by atoms with Crippen LogP contribution in [0.1, 0.15) is 151 Å². The van der Waals surface area contributed by atoms with Gasteiger partial charge in [0.05, 0.1) is 24.7 Å². The first-order chi connectivity index (χ1) is 26.7. The lowest BCUT2D eigenvalue weighted by atomic mass is 9.84. The fourth-order valence-electron chi connectivity index (χ4n) is 6.59. The van der Waals surface area contributed by atoms with E-state index in [9.17, 15) is 14.7 Å². The van der Waals surface area contributed by atoms with Crippen LogP contribution in [0, 0.1) is 17.8 Å².